The highest BCUT2D eigenvalue weighted by Crippen LogP contribution is 2.22. The van der Waals surface area contributed by atoms with Gasteiger partial charge in [-0.3, -0.25) is 9.88 Å². The van der Waals surface area contributed by atoms with E-state index >= 15 is 0 Å². The van der Waals surface area contributed by atoms with Gasteiger partial charge in [-0.1, -0.05) is 12.1 Å². The van der Waals surface area contributed by atoms with Crippen LogP contribution >= 0.6 is 11.8 Å². The topological polar surface area (TPSA) is 28.6 Å². The van der Waals surface area contributed by atoms with Crippen molar-refractivity contribution in [2.24, 2.45) is 5.92 Å². The molecule has 1 fully saturated rings. The van der Waals surface area contributed by atoms with Crippen LogP contribution in [0.5, 0.6) is 0 Å². The number of hydrogen-bond donors (Lipinski definition) is 0. The molecule has 152 valence electrons. The molecule has 1 saturated heterocycles. The first-order valence-corrected chi connectivity index (χ1v) is 11.4. The Bertz CT molecular complexity index is 689. The van der Waals surface area contributed by atoms with E-state index in [1.54, 1.807) is 7.11 Å². The Hall–Kier alpha value is -1.40. The number of benzene rings is 1. The van der Waals surface area contributed by atoms with Crippen LogP contribution in [-0.2, 0) is 17.8 Å². The summed E-state index contributed by atoms with van der Waals surface area (Å²) >= 11 is 1.81. The van der Waals surface area contributed by atoms with Gasteiger partial charge in [0.15, 0.2) is 0 Å². The Morgan fingerprint density at radius 1 is 1.11 bits per heavy atom. The lowest BCUT2D eigenvalue weighted by molar-refractivity contribution is 0.104. The molecule has 28 heavy (non-hydrogen) atoms. The van der Waals surface area contributed by atoms with E-state index in [1.165, 1.54) is 42.0 Å². The summed E-state index contributed by atoms with van der Waals surface area (Å²) in [6, 6.07) is 13.2. The van der Waals surface area contributed by atoms with Crippen molar-refractivity contribution >= 4 is 11.8 Å². The fraction of sp³-hybridized carbons (Fsp3) is 0.522. The third-order valence-electron chi connectivity index (χ3n) is 5.53. The smallest absolute Gasteiger partial charge is 0.0589 e. The van der Waals surface area contributed by atoms with Crippen molar-refractivity contribution in [2.45, 2.75) is 30.8 Å². The fourth-order valence-electron chi connectivity index (χ4n) is 3.94. The number of rotatable bonds is 10. The molecule has 0 N–H and O–H groups in total. The molecule has 1 aliphatic rings. The molecule has 0 radical (unpaired) electrons. The lowest BCUT2D eigenvalue weighted by atomic mass is 9.95. The summed E-state index contributed by atoms with van der Waals surface area (Å²) < 4.78 is 5.23. The van der Waals surface area contributed by atoms with E-state index in [4.69, 9.17) is 4.74 Å². The second kappa shape index (κ2) is 11.6. The molecule has 0 spiro atoms. The Balaban J connectivity index is 1.61. The second-order valence-corrected chi connectivity index (χ2v) is 8.53. The predicted octanol–water partition coefficient (Wildman–Crippen LogP) is 4.16. The van der Waals surface area contributed by atoms with Crippen LogP contribution in [0.2, 0.25) is 0 Å². The zero-order valence-electron chi connectivity index (χ0n) is 17.2. The summed E-state index contributed by atoms with van der Waals surface area (Å²) in [5, 5.41) is 0. The van der Waals surface area contributed by atoms with E-state index in [2.05, 4.69) is 57.4 Å². The second-order valence-electron chi connectivity index (χ2n) is 7.65. The minimum Gasteiger partial charge on any atom is -0.383 e. The van der Waals surface area contributed by atoms with Gasteiger partial charge < -0.3 is 9.64 Å². The molecule has 1 aromatic heterocycles. The van der Waals surface area contributed by atoms with Crippen LogP contribution in [0.25, 0.3) is 0 Å². The summed E-state index contributed by atoms with van der Waals surface area (Å²) in [5.74, 6) is 0.768. The van der Waals surface area contributed by atoms with Gasteiger partial charge in [0.25, 0.3) is 0 Å². The van der Waals surface area contributed by atoms with Crippen molar-refractivity contribution in [1.29, 1.82) is 0 Å². The third kappa shape index (κ3) is 6.89. The van der Waals surface area contributed by atoms with Gasteiger partial charge in [0.05, 0.1) is 6.61 Å². The van der Waals surface area contributed by atoms with Gasteiger partial charge in [-0.2, -0.15) is 0 Å². The highest BCUT2D eigenvalue weighted by atomic mass is 32.2. The zero-order valence-corrected chi connectivity index (χ0v) is 18.0. The quantitative estimate of drug-likeness (QED) is 0.560. The number of aromatic nitrogens is 1. The van der Waals surface area contributed by atoms with Crippen LogP contribution < -0.4 is 0 Å². The van der Waals surface area contributed by atoms with E-state index in [1.807, 2.05) is 24.2 Å². The number of pyridine rings is 1. The molecule has 4 nitrogen and oxygen atoms in total. The lowest BCUT2D eigenvalue weighted by Gasteiger charge is -2.35. The maximum atomic E-state index is 5.23. The maximum Gasteiger partial charge on any atom is 0.0589 e. The average molecular weight is 400 g/mol. The number of likely N-dealkylation sites (tertiary alicyclic amines) is 1. The standard InChI is InChI=1S/C23H33N3OS/c1-27-15-14-25-12-8-21(9-13-25)18-26(17-20-6-10-24-11-7-20)19-22-4-3-5-23(16-22)28-2/h3-7,10-11,16,21H,8-9,12-15,17-19H2,1-2H3. The highest BCUT2D eigenvalue weighted by Gasteiger charge is 2.21. The normalized spacial score (nSPS) is 16.0. The van der Waals surface area contributed by atoms with Gasteiger partial charge in [0.1, 0.15) is 0 Å². The third-order valence-corrected chi connectivity index (χ3v) is 6.26. The lowest BCUT2D eigenvalue weighted by Crippen LogP contribution is -2.39. The number of ether oxygens (including phenoxy) is 1. The average Bonchev–Trinajstić information content (AvgIpc) is 2.74. The van der Waals surface area contributed by atoms with Gasteiger partial charge in [0.2, 0.25) is 0 Å². The summed E-state index contributed by atoms with van der Waals surface area (Å²) in [6.07, 6.45) is 8.50. The van der Waals surface area contributed by atoms with Crippen LogP contribution in [0.1, 0.15) is 24.0 Å². The van der Waals surface area contributed by atoms with E-state index in [0.29, 0.717) is 0 Å². The minimum absolute atomic E-state index is 0.768. The van der Waals surface area contributed by atoms with Gasteiger partial charge in [0, 0.05) is 50.6 Å². The molecule has 0 amide bonds. The molecule has 0 unspecified atom stereocenters. The van der Waals surface area contributed by atoms with Crippen LogP contribution in [0, 0.1) is 5.92 Å². The molecule has 3 rings (SSSR count). The number of piperidine rings is 1. The van der Waals surface area contributed by atoms with Crippen LogP contribution in [0.4, 0.5) is 0 Å². The SMILES string of the molecule is COCCN1CCC(CN(Cc2ccncc2)Cc2cccc(SC)c2)CC1. The number of hydrogen-bond acceptors (Lipinski definition) is 5. The molecule has 0 saturated carbocycles. The Morgan fingerprint density at radius 3 is 2.57 bits per heavy atom. The fourth-order valence-corrected chi connectivity index (χ4v) is 4.42. The van der Waals surface area contributed by atoms with Crippen LogP contribution in [-0.4, -0.2) is 60.9 Å². The summed E-state index contributed by atoms with van der Waals surface area (Å²) in [6.45, 7) is 7.43. The van der Waals surface area contributed by atoms with Gasteiger partial charge in [-0.15, -0.1) is 11.8 Å². The molecule has 2 heterocycles. The minimum atomic E-state index is 0.768. The van der Waals surface area contributed by atoms with Crippen molar-refractivity contribution in [3.8, 4) is 0 Å². The first kappa shape index (κ1) is 21.3. The molecule has 1 aliphatic heterocycles. The van der Waals surface area contributed by atoms with Gasteiger partial charge >= 0.3 is 0 Å². The van der Waals surface area contributed by atoms with E-state index < -0.39 is 0 Å². The van der Waals surface area contributed by atoms with E-state index in [9.17, 15) is 0 Å². The highest BCUT2D eigenvalue weighted by molar-refractivity contribution is 7.98. The summed E-state index contributed by atoms with van der Waals surface area (Å²) in [7, 11) is 1.79. The van der Waals surface area contributed by atoms with E-state index in [-0.39, 0.29) is 0 Å². The maximum absolute atomic E-state index is 5.23. The molecule has 1 aromatic carbocycles. The van der Waals surface area contributed by atoms with E-state index in [0.717, 1.165) is 38.7 Å². The zero-order chi connectivity index (χ0) is 19.6. The van der Waals surface area contributed by atoms with Crippen LogP contribution in [0.3, 0.4) is 0 Å². The van der Waals surface area contributed by atoms with Crippen molar-refractivity contribution in [1.82, 2.24) is 14.8 Å². The Labute approximate surface area is 174 Å². The number of nitrogens with zero attached hydrogens (tertiary/aromatic N) is 3. The summed E-state index contributed by atoms with van der Waals surface area (Å²) in [4.78, 5) is 10.7. The summed E-state index contributed by atoms with van der Waals surface area (Å²) in [5.41, 5.74) is 2.74. The number of thioether (sulfide) groups is 1. The first-order valence-electron chi connectivity index (χ1n) is 10.2. The van der Waals surface area contributed by atoms with Gasteiger partial charge in [-0.05, 0) is 73.5 Å². The number of methoxy groups -OCH3 is 1. The van der Waals surface area contributed by atoms with Crippen molar-refractivity contribution < 1.29 is 4.74 Å². The van der Waals surface area contributed by atoms with Crippen molar-refractivity contribution in [3.63, 3.8) is 0 Å². The predicted molar refractivity (Wildman–Crippen MR) is 118 cm³/mol. The molecular weight excluding hydrogens is 366 g/mol. The molecule has 5 heteroatoms. The Kier molecular flexibility index (Phi) is 8.80. The molecule has 0 bridgehead atoms. The van der Waals surface area contributed by atoms with Crippen molar-refractivity contribution in [2.75, 3.05) is 46.2 Å². The van der Waals surface area contributed by atoms with Crippen molar-refractivity contribution in [3.05, 3.63) is 59.9 Å². The largest absolute Gasteiger partial charge is 0.383 e. The van der Waals surface area contributed by atoms with Crippen LogP contribution in [0.15, 0.2) is 53.7 Å². The van der Waals surface area contributed by atoms with Gasteiger partial charge in [-0.25, -0.2) is 0 Å². The molecular formula is C23H33N3OS. The molecule has 0 aliphatic carbocycles. The molecule has 0 atom stereocenters. The monoisotopic (exact) mass is 399 g/mol. The Morgan fingerprint density at radius 2 is 1.86 bits per heavy atom. The first-order chi connectivity index (χ1) is 13.8. The molecule has 2 aromatic rings.